The van der Waals surface area contributed by atoms with Crippen molar-refractivity contribution in [2.24, 2.45) is 0 Å². The van der Waals surface area contributed by atoms with Crippen LogP contribution in [0, 0.1) is 20.2 Å². The van der Waals surface area contributed by atoms with Gasteiger partial charge in [0.2, 0.25) is 0 Å². The molecule has 3 aromatic rings. The van der Waals surface area contributed by atoms with E-state index in [9.17, 15) is 20.2 Å². The minimum absolute atomic E-state index is 0.217. The molecule has 0 aliphatic heterocycles. The molecular weight excluding hydrogens is 384 g/mol. The summed E-state index contributed by atoms with van der Waals surface area (Å²) in [7, 11) is 0. The van der Waals surface area contributed by atoms with E-state index in [1.54, 1.807) is 48.8 Å². The first-order chi connectivity index (χ1) is 12.1. The summed E-state index contributed by atoms with van der Waals surface area (Å²) >= 11 is 3.06. The Labute approximate surface area is 153 Å². The van der Waals surface area contributed by atoms with E-state index in [1.165, 1.54) is 0 Å². The standard InChI is InChI=1S/C14H8N4O4S3/c19-17(20)11-12(18(21)22)14(24-10-6-2-4-8-16-10)25-13(11)23-9-5-1-3-7-15-9/h1-8H. The number of nitro groups is 2. The molecule has 0 aliphatic carbocycles. The number of aromatic nitrogens is 2. The van der Waals surface area contributed by atoms with E-state index in [-0.39, 0.29) is 8.42 Å². The molecule has 3 aromatic heterocycles. The van der Waals surface area contributed by atoms with Gasteiger partial charge >= 0.3 is 11.4 Å². The van der Waals surface area contributed by atoms with Gasteiger partial charge in [0.1, 0.15) is 10.1 Å². The summed E-state index contributed by atoms with van der Waals surface area (Å²) in [5.74, 6) is 0. The summed E-state index contributed by atoms with van der Waals surface area (Å²) in [4.78, 5) is 29.7. The molecule has 11 heteroatoms. The molecule has 0 aliphatic rings. The molecule has 0 amide bonds. The predicted octanol–water partition coefficient (Wildman–Crippen LogP) is 4.66. The maximum absolute atomic E-state index is 11.5. The number of rotatable bonds is 6. The van der Waals surface area contributed by atoms with E-state index in [4.69, 9.17) is 0 Å². The molecule has 0 spiro atoms. The predicted molar refractivity (Wildman–Crippen MR) is 94.3 cm³/mol. The highest BCUT2D eigenvalue weighted by atomic mass is 32.2. The molecule has 3 rings (SSSR count). The molecule has 0 bridgehead atoms. The molecule has 126 valence electrons. The molecule has 0 N–H and O–H groups in total. The van der Waals surface area contributed by atoms with Crippen LogP contribution in [0.15, 0.2) is 67.3 Å². The van der Waals surface area contributed by atoms with Crippen LogP contribution in [-0.4, -0.2) is 19.8 Å². The lowest BCUT2D eigenvalue weighted by molar-refractivity contribution is -0.425. The van der Waals surface area contributed by atoms with Crippen LogP contribution in [-0.2, 0) is 0 Å². The topological polar surface area (TPSA) is 112 Å². The van der Waals surface area contributed by atoms with Gasteiger partial charge in [-0.1, -0.05) is 35.7 Å². The third-order valence-corrected chi connectivity index (χ3v) is 6.25. The summed E-state index contributed by atoms with van der Waals surface area (Å²) in [5, 5.41) is 24.0. The normalized spacial score (nSPS) is 10.6. The lowest BCUT2D eigenvalue weighted by Crippen LogP contribution is -1.95. The maximum Gasteiger partial charge on any atom is 0.371 e. The van der Waals surface area contributed by atoms with Crippen molar-refractivity contribution >= 4 is 46.2 Å². The van der Waals surface area contributed by atoms with Gasteiger partial charge < -0.3 is 0 Å². The molecule has 3 heterocycles. The fourth-order valence-electron chi connectivity index (χ4n) is 1.84. The molecule has 8 nitrogen and oxygen atoms in total. The molecular formula is C14H8N4O4S3. The highest BCUT2D eigenvalue weighted by Gasteiger charge is 2.37. The van der Waals surface area contributed by atoms with Gasteiger partial charge in [0, 0.05) is 12.4 Å². The lowest BCUT2D eigenvalue weighted by atomic mass is 10.4. The van der Waals surface area contributed by atoms with Crippen LogP contribution in [0.3, 0.4) is 0 Å². The van der Waals surface area contributed by atoms with Crippen molar-refractivity contribution in [1.82, 2.24) is 9.97 Å². The molecule has 0 unspecified atom stereocenters. The van der Waals surface area contributed by atoms with Crippen LogP contribution >= 0.6 is 34.9 Å². The number of thiophene rings is 1. The average molecular weight is 392 g/mol. The second-order valence-corrected chi connectivity index (χ2v) is 8.03. The zero-order valence-corrected chi connectivity index (χ0v) is 14.7. The van der Waals surface area contributed by atoms with Crippen molar-refractivity contribution in [1.29, 1.82) is 0 Å². The first kappa shape index (κ1) is 17.3. The van der Waals surface area contributed by atoms with Crippen molar-refractivity contribution in [2.45, 2.75) is 18.5 Å². The summed E-state index contributed by atoms with van der Waals surface area (Å²) in [6.45, 7) is 0. The van der Waals surface area contributed by atoms with Crippen molar-refractivity contribution in [3.8, 4) is 0 Å². The third kappa shape index (κ3) is 3.95. The first-order valence-corrected chi connectivity index (χ1v) is 9.14. The molecule has 0 aromatic carbocycles. The highest BCUT2D eigenvalue weighted by molar-refractivity contribution is 8.03. The van der Waals surface area contributed by atoms with E-state index >= 15 is 0 Å². The Bertz CT molecular complexity index is 845. The average Bonchev–Trinajstić information content (AvgIpc) is 2.95. The fraction of sp³-hybridized carbons (Fsp3) is 0. The number of hydrogen-bond acceptors (Lipinski definition) is 9. The second kappa shape index (κ2) is 7.59. The molecule has 0 saturated heterocycles. The third-order valence-electron chi connectivity index (χ3n) is 2.83. The van der Waals surface area contributed by atoms with Gasteiger partial charge in [-0.25, -0.2) is 9.97 Å². The molecule has 0 atom stereocenters. The van der Waals surface area contributed by atoms with Crippen LogP contribution in [0.2, 0.25) is 0 Å². The van der Waals surface area contributed by atoms with E-state index < -0.39 is 21.2 Å². The minimum atomic E-state index is -0.720. The largest absolute Gasteiger partial charge is 0.371 e. The Hall–Kier alpha value is -2.50. The summed E-state index contributed by atoms with van der Waals surface area (Å²) < 4.78 is 0.433. The van der Waals surface area contributed by atoms with Crippen molar-refractivity contribution < 1.29 is 9.85 Å². The van der Waals surface area contributed by atoms with Crippen LogP contribution in [0.1, 0.15) is 0 Å². The number of pyridine rings is 2. The minimum Gasteiger partial charge on any atom is -0.258 e. The van der Waals surface area contributed by atoms with Crippen molar-refractivity contribution in [2.75, 3.05) is 0 Å². The van der Waals surface area contributed by atoms with Crippen LogP contribution < -0.4 is 0 Å². The van der Waals surface area contributed by atoms with E-state index in [0.717, 1.165) is 34.9 Å². The first-order valence-electron chi connectivity index (χ1n) is 6.69. The van der Waals surface area contributed by atoms with Gasteiger partial charge in [-0.05, 0) is 24.3 Å². The molecule has 0 radical (unpaired) electrons. The second-order valence-electron chi connectivity index (χ2n) is 4.43. The zero-order valence-electron chi connectivity index (χ0n) is 12.3. The van der Waals surface area contributed by atoms with Gasteiger partial charge in [-0.2, -0.15) is 0 Å². The SMILES string of the molecule is O=[N+]([O-])c1c(Sc2ccccn2)sc(Sc2ccccn2)c1[N+](=O)[O-]. The van der Waals surface area contributed by atoms with Crippen LogP contribution in [0.25, 0.3) is 0 Å². The van der Waals surface area contributed by atoms with E-state index in [2.05, 4.69) is 9.97 Å². The summed E-state index contributed by atoms with van der Waals surface area (Å²) in [6, 6.07) is 10.3. The Morgan fingerprint density at radius 1 is 0.800 bits per heavy atom. The Kier molecular flexibility index (Phi) is 5.26. The van der Waals surface area contributed by atoms with Crippen molar-refractivity contribution in [3.63, 3.8) is 0 Å². The Morgan fingerprint density at radius 3 is 1.56 bits per heavy atom. The Balaban J connectivity index is 2.07. The van der Waals surface area contributed by atoms with Crippen molar-refractivity contribution in [3.05, 3.63) is 69.0 Å². The van der Waals surface area contributed by atoms with Gasteiger partial charge in [0.15, 0.2) is 8.42 Å². The molecule has 25 heavy (non-hydrogen) atoms. The van der Waals surface area contributed by atoms with Crippen LogP contribution in [0.5, 0.6) is 0 Å². The highest BCUT2D eigenvalue weighted by Crippen LogP contribution is 2.53. The Morgan fingerprint density at radius 2 is 1.24 bits per heavy atom. The number of nitrogens with zero attached hydrogens (tertiary/aromatic N) is 4. The summed E-state index contributed by atoms with van der Waals surface area (Å²) in [6.07, 6.45) is 3.11. The van der Waals surface area contributed by atoms with Crippen LogP contribution in [0.4, 0.5) is 11.4 Å². The van der Waals surface area contributed by atoms with E-state index in [1.807, 2.05) is 0 Å². The fourth-order valence-corrected chi connectivity index (χ4v) is 5.48. The zero-order chi connectivity index (χ0) is 17.8. The summed E-state index contributed by atoms with van der Waals surface area (Å²) in [5.41, 5.74) is -1.02. The van der Waals surface area contributed by atoms with Gasteiger partial charge in [-0.3, -0.25) is 20.2 Å². The monoisotopic (exact) mass is 392 g/mol. The quantitative estimate of drug-likeness (QED) is 0.440. The smallest absolute Gasteiger partial charge is 0.258 e. The van der Waals surface area contributed by atoms with Gasteiger partial charge in [-0.15, -0.1) is 11.3 Å². The maximum atomic E-state index is 11.5. The molecule has 0 saturated carbocycles. The van der Waals surface area contributed by atoms with Gasteiger partial charge in [0.25, 0.3) is 0 Å². The lowest BCUT2D eigenvalue weighted by Gasteiger charge is -1.96. The van der Waals surface area contributed by atoms with E-state index in [0.29, 0.717) is 10.1 Å². The van der Waals surface area contributed by atoms with Gasteiger partial charge in [0.05, 0.1) is 9.85 Å². The number of hydrogen-bond donors (Lipinski definition) is 0. The molecule has 0 fully saturated rings.